The van der Waals surface area contributed by atoms with Gasteiger partial charge in [-0.3, -0.25) is 0 Å². The van der Waals surface area contributed by atoms with Crippen LogP contribution in [0.4, 0.5) is 28.4 Å². The maximum Gasteiger partial charge on any atom is 0.333 e. The van der Waals surface area contributed by atoms with Crippen molar-refractivity contribution in [1.82, 2.24) is 4.57 Å². The summed E-state index contributed by atoms with van der Waals surface area (Å²) in [6.45, 7) is 40.5. The normalized spacial score (nSPS) is 17.6. The first-order valence-electron chi connectivity index (χ1n) is 30.3. The first kappa shape index (κ1) is 52.1. The van der Waals surface area contributed by atoms with Gasteiger partial charge >= 0.3 is 6.85 Å². The van der Waals surface area contributed by atoms with Crippen molar-refractivity contribution in [2.75, 3.05) is 9.71 Å². The van der Waals surface area contributed by atoms with Gasteiger partial charge in [0.1, 0.15) is 11.2 Å². The molecule has 2 aliphatic heterocycles. The van der Waals surface area contributed by atoms with Gasteiger partial charge in [-0.2, -0.15) is 0 Å². The predicted molar refractivity (Wildman–Crippen MR) is 348 cm³/mol. The molecule has 0 radical (unpaired) electrons. The number of furan rings is 1. The number of nitrogens with zero attached hydrogens (tertiary/aromatic N) is 3. The molecular weight excluding hydrogens is 982 g/mol. The van der Waals surface area contributed by atoms with Gasteiger partial charge in [0.25, 0.3) is 0 Å². The molecule has 2 aliphatic carbocycles. The molecule has 410 valence electrons. The molecule has 0 spiro atoms. The van der Waals surface area contributed by atoms with E-state index in [0.29, 0.717) is 0 Å². The van der Waals surface area contributed by atoms with E-state index in [9.17, 15) is 0 Å². The molecule has 2 aromatic heterocycles. The van der Waals surface area contributed by atoms with E-state index >= 15 is 0 Å². The summed E-state index contributed by atoms with van der Waals surface area (Å²) in [6.07, 6.45) is 4.59. The fraction of sp³-hybridized carbons (Fsp3) is 0.368. The number of rotatable bonds is 4. The molecule has 0 atom stereocenters. The zero-order valence-electron chi connectivity index (χ0n) is 51.4. The lowest BCUT2D eigenvalue weighted by molar-refractivity contribution is 0.332. The Hall–Kier alpha value is -6.98. The van der Waals surface area contributed by atoms with Crippen LogP contribution in [0.15, 0.2) is 144 Å². The molecule has 8 aromatic carbocycles. The Morgan fingerprint density at radius 1 is 0.469 bits per heavy atom. The van der Waals surface area contributed by atoms with Crippen LogP contribution >= 0.6 is 0 Å². The number of aromatic nitrogens is 1. The lowest BCUT2D eigenvalue weighted by atomic mass is 9.43. The van der Waals surface area contributed by atoms with E-state index in [-0.39, 0.29) is 44.8 Å². The SMILES string of the molecule is CC(C)(C)c1ccc(N2B3c4cc5c(cc4-n4c6cc7c(cc6c6c8oc9ccccc9c8c(c3c64)-c3ccc(N(c4ccc(C(C)(C)C)cc4)c4ccc(C(C)(C)C)cc4)cc32)C(C)(C)CCC7(C)C)C(C)(C)CCC5(C)C)cc1. The summed E-state index contributed by atoms with van der Waals surface area (Å²) in [6, 6.07) is 55.1. The molecule has 0 fully saturated rings. The summed E-state index contributed by atoms with van der Waals surface area (Å²) in [4.78, 5) is 5.25. The van der Waals surface area contributed by atoms with E-state index < -0.39 is 0 Å². The largest absolute Gasteiger partial charge is 0.455 e. The maximum absolute atomic E-state index is 7.47. The topological polar surface area (TPSA) is 24.6 Å². The molecule has 0 N–H and O–H groups in total. The zero-order valence-corrected chi connectivity index (χ0v) is 51.4. The minimum atomic E-state index is -0.185. The Labute approximate surface area is 482 Å². The molecule has 14 rings (SSSR count). The van der Waals surface area contributed by atoms with Crippen molar-refractivity contribution in [1.29, 1.82) is 0 Å². The number of benzene rings is 8. The standard InChI is InChI=1S/C76H82BN3O/c1-70(2,3)45-22-28-48(29-23-45)78(49-30-24-46(25-31-49)71(4,5)6)51-34-35-52-61(40-51)80(50-32-26-47(27-33-50)72(7,8)9)77-59-42-56-58(76(16,17)39-37-74(56,12)13)44-62(59)79-60-43-57-55(73(10,11)36-38-75(57,14)15)41-54(60)66-68(79)67(77)64(52)65-53-20-18-19-21-63(53)81-69(65)66/h18-35,40-44H,36-39H2,1-17H3. The number of hydrogen-bond donors (Lipinski definition) is 0. The summed E-state index contributed by atoms with van der Waals surface area (Å²) < 4.78 is 10.2. The molecule has 0 saturated carbocycles. The lowest BCUT2D eigenvalue weighted by Gasteiger charge is -2.46. The third kappa shape index (κ3) is 7.68. The maximum atomic E-state index is 7.47. The molecule has 0 amide bonds. The quantitative estimate of drug-likeness (QED) is 0.164. The van der Waals surface area contributed by atoms with Gasteiger partial charge in [-0.15, -0.1) is 0 Å². The van der Waals surface area contributed by atoms with Crippen LogP contribution < -0.4 is 20.6 Å². The molecule has 10 aromatic rings. The molecule has 0 bridgehead atoms. The fourth-order valence-electron chi connectivity index (χ4n) is 15.1. The van der Waals surface area contributed by atoms with E-state index in [1.165, 1.54) is 105 Å². The number of hydrogen-bond acceptors (Lipinski definition) is 3. The summed E-state index contributed by atoms with van der Waals surface area (Å²) >= 11 is 0. The van der Waals surface area contributed by atoms with Gasteiger partial charge in [0.05, 0.1) is 16.4 Å². The summed E-state index contributed by atoms with van der Waals surface area (Å²) in [5.41, 5.74) is 26.7. The van der Waals surface area contributed by atoms with Crippen LogP contribution in [0.2, 0.25) is 0 Å². The molecule has 4 heterocycles. The smallest absolute Gasteiger partial charge is 0.333 e. The summed E-state index contributed by atoms with van der Waals surface area (Å²) in [5, 5.41) is 4.90. The van der Waals surface area contributed by atoms with E-state index in [4.69, 9.17) is 4.42 Å². The van der Waals surface area contributed by atoms with E-state index in [1.807, 2.05) is 0 Å². The lowest BCUT2D eigenvalue weighted by Crippen LogP contribution is -2.61. The molecule has 4 nitrogen and oxygen atoms in total. The number of para-hydroxylation sites is 1. The van der Waals surface area contributed by atoms with Crippen LogP contribution in [0.3, 0.4) is 0 Å². The molecule has 0 saturated heterocycles. The van der Waals surface area contributed by atoms with Crippen LogP contribution in [0.25, 0.3) is 60.6 Å². The van der Waals surface area contributed by atoms with Crippen molar-refractivity contribution < 1.29 is 4.42 Å². The second-order valence-electron chi connectivity index (χ2n) is 30.8. The molecule has 0 unspecified atom stereocenters. The van der Waals surface area contributed by atoms with Crippen LogP contribution in [-0.2, 0) is 37.9 Å². The van der Waals surface area contributed by atoms with Crippen molar-refractivity contribution in [2.45, 2.75) is 181 Å². The van der Waals surface area contributed by atoms with Crippen LogP contribution in [0.1, 0.15) is 182 Å². The van der Waals surface area contributed by atoms with Crippen LogP contribution in [-0.4, -0.2) is 11.4 Å². The Kier molecular flexibility index (Phi) is 10.8. The van der Waals surface area contributed by atoms with E-state index in [1.54, 1.807) is 0 Å². The highest BCUT2D eigenvalue weighted by Crippen LogP contribution is 2.56. The minimum Gasteiger partial charge on any atom is -0.455 e. The van der Waals surface area contributed by atoms with Gasteiger partial charge < -0.3 is 18.7 Å². The van der Waals surface area contributed by atoms with Crippen LogP contribution in [0.5, 0.6) is 0 Å². The Bertz CT molecular complexity index is 4210. The van der Waals surface area contributed by atoms with Crippen LogP contribution in [0, 0.1) is 0 Å². The van der Waals surface area contributed by atoms with Crippen molar-refractivity contribution in [2.24, 2.45) is 0 Å². The van der Waals surface area contributed by atoms with Crippen molar-refractivity contribution >= 4 is 90.0 Å². The van der Waals surface area contributed by atoms with Gasteiger partial charge in [0.2, 0.25) is 0 Å². The van der Waals surface area contributed by atoms with Crippen molar-refractivity contribution in [3.8, 4) is 16.8 Å². The third-order valence-electron chi connectivity index (χ3n) is 20.4. The summed E-state index contributed by atoms with van der Waals surface area (Å²) in [7, 11) is 0. The molecule has 5 heteroatoms. The second-order valence-corrected chi connectivity index (χ2v) is 30.8. The first-order valence-corrected chi connectivity index (χ1v) is 30.3. The predicted octanol–water partition coefficient (Wildman–Crippen LogP) is 20.0. The van der Waals surface area contributed by atoms with Gasteiger partial charge in [0, 0.05) is 55.8 Å². The highest BCUT2D eigenvalue weighted by Gasteiger charge is 2.49. The van der Waals surface area contributed by atoms with Crippen molar-refractivity contribution in [3.63, 3.8) is 0 Å². The Morgan fingerprint density at radius 2 is 0.951 bits per heavy atom. The molecular formula is C76H82BN3O. The average molecular weight is 1060 g/mol. The average Bonchev–Trinajstić information content (AvgIpc) is 4.16. The van der Waals surface area contributed by atoms with Gasteiger partial charge in [-0.1, -0.05) is 184 Å². The van der Waals surface area contributed by atoms with Gasteiger partial charge in [-0.25, -0.2) is 0 Å². The van der Waals surface area contributed by atoms with Crippen molar-refractivity contribution in [3.05, 3.63) is 178 Å². The van der Waals surface area contributed by atoms with E-state index in [0.717, 1.165) is 59.3 Å². The zero-order chi connectivity index (χ0) is 57.0. The third-order valence-corrected chi connectivity index (χ3v) is 20.4. The molecule has 81 heavy (non-hydrogen) atoms. The Morgan fingerprint density at radius 3 is 1.49 bits per heavy atom. The Balaban J connectivity index is 1.16. The molecule has 4 aliphatic rings. The summed E-state index contributed by atoms with van der Waals surface area (Å²) in [5.74, 6) is 0. The minimum absolute atomic E-state index is 0.00255. The van der Waals surface area contributed by atoms with E-state index in [2.05, 4.69) is 272 Å². The highest BCUT2D eigenvalue weighted by atomic mass is 16.3. The monoisotopic (exact) mass is 1060 g/mol. The highest BCUT2D eigenvalue weighted by molar-refractivity contribution is 6.94. The van der Waals surface area contributed by atoms with Gasteiger partial charge in [0.15, 0.2) is 0 Å². The number of fused-ring (bicyclic) bond motifs is 15. The number of anilines is 5. The fourth-order valence-corrected chi connectivity index (χ4v) is 15.1. The second kappa shape index (κ2) is 16.8. The first-order chi connectivity index (χ1) is 38.0. The van der Waals surface area contributed by atoms with Gasteiger partial charge in [-0.05, 0) is 192 Å².